The van der Waals surface area contributed by atoms with E-state index in [9.17, 15) is 9.59 Å². The van der Waals surface area contributed by atoms with E-state index in [1.807, 2.05) is 31.2 Å². The number of thiazole rings is 1. The Labute approximate surface area is 177 Å². The molecule has 28 heavy (non-hydrogen) atoms. The van der Waals surface area contributed by atoms with E-state index in [0.717, 1.165) is 11.1 Å². The van der Waals surface area contributed by atoms with Gasteiger partial charge in [0.1, 0.15) is 5.01 Å². The maximum atomic E-state index is 12.3. The largest absolute Gasteiger partial charge is 0.481 e. The highest BCUT2D eigenvalue weighted by molar-refractivity contribution is 7.12. The molecule has 0 radical (unpaired) electrons. The quantitative estimate of drug-likeness (QED) is 0.569. The average Bonchev–Trinajstić information content (AvgIpc) is 2.99. The Morgan fingerprint density at radius 1 is 1.07 bits per heavy atom. The van der Waals surface area contributed by atoms with Crippen molar-refractivity contribution < 1.29 is 14.7 Å². The number of carbonyl (C=O) groups is 2. The number of rotatable bonds is 6. The zero-order valence-corrected chi connectivity index (χ0v) is 17.3. The van der Waals surface area contributed by atoms with Crippen LogP contribution in [0.3, 0.4) is 0 Å². The van der Waals surface area contributed by atoms with Crippen molar-refractivity contribution in [3.8, 4) is 11.3 Å². The molecule has 8 heteroatoms. The first kappa shape index (κ1) is 21.9. The van der Waals surface area contributed by atoms with E-state index in [4.69, 9.17) is 16.7 Å². The average molecular weight is 437 g/mol. The van der Waals surface area contributed by atoms with Gasteiger partial charge in [-0.05, 0) is 31.2 Å². The van der Waals surface area contributed by atoms with Crippen LogP contribution in [0.1, 0.15) is 15.4 Å². The van der Waals surface area contributed by atoms with Gasteiger partial charge in [0, 0.05) is 21.2 Å². The number of hydrogen-bond donors (Lipinski definition) is 2. The summed E-state index contributed by atoms with van der Waals surface area (Å²) in [4.78, 5) is 28.6. The zero-order valence-electron chi connectivity index (χ0n) is 14.9. The molecule has 0 aliphatic rings. The van der Waals surface area contributed by atoms with Crippen LogP contribution in [-0.2, 0) is 22.4 Å². The number of nitrogens with zero attached hydrogens (tertiary/aromatic N) is 1. The molecule has 0 aliphatic carbocycles. The van der Waals surface area contributed by atoms with E-state index in [2.05, 4.69) is 10.3 Å². The van der Waals surface area contributed by atoms with Gasteiger partial charge in [-0.25, -0.2) is 4.98 Å². The van der Waals surface area contributed by atoms with Gasteiger partial charge in [-0.3, -0.25) is 9.59 Å². The Morgan fingerprint density at radius 3 is 2.32 bits per heavy atom. The van der Waals surface area contributed by atoms with Gasteiger partial charge in [-0.1, -0.05) is 41.4 Å². The number of nitrogens with one attached hydrogen (secondary N) is 1. The van der Waals surface area contributed by atoms with Gasteiger partial charge >= 0.3 is 5.97 Å². The predicted molar refractivity (Wildman–Crippen MR) is 115 cm³/mol. The third-order valence-corrected chi connectivity index (χ3v) is 5.13. The fourth-order valence-electron chi connectivity index (χ4n) is 2.55. The number of carboxylic acid groups (broad SMARTS) is 1. The van der Waals surface area contributed by atoms with Crippen molar-refractivity contribution in [2.24, 2.45) is 0 Å². The first-order chi connectivity index (χ1) is 12.9. The van der Waals surface area contributed by atoms with Crippen molar-refractivity contribution in [2.75, 3.05) is 5.32 Å². The third-order valence-electron chi connectivity index (χ3n) is 3.82. The van der Waals surface area contributed by atoms with Gasteiger partial charge in [0.15, 0.2) is 0 Å². The summed E-state index contributed by atoms with van der Waals surface area (Å²) in [7, 11) is 0. The Kier molecular flexibility index (Phi) is 7.57. The Morgan fingerprint density at radius 2 is 1.71 bits per heavy atom. The maximum Gasteiger partial charge on any atom is 0.308 e. The molecule has 1 amide bonds. The van der Waals surface area contributed by atoms with Gasteiger partial charge in [-0.2, -0.15) is 0 Å². The molecule has 1 aromatic heterocycles. The van der Waals surface area contributed by atoms with Crippen LogP contribution in [-0.4, -0.2) is 22.0 Å². The number of aliphatic carboxylic acids is 1. The molecular weight excluding hydrogens is 419 g/mol. The molecule has 1 heterocycles. The number of benzene rings is 2. The summed E-state index contributed by atoms with van der Waals surface area (Å²) in [6.07, 6.45) is -0.0615. The highest BCUT2D eigenvalue weighted by Crippen LogP contribution is 2.30. The summed E-state index contributed by atoms with van der Waals surface area (Å²) in [5.41, 5.74) is 3.18. The summed E-state index contributed by atoms with van der Waals surface area (Å²) in [5.74, 6) is -1.14. The molecule has 0 spiro atoms. The van der Waals surface area contributed by atoms with E-state index in [0.29, 0.717) is 26.3 Å². The van der Waals surface area contributed by atoms with Crippen molar-refractivity contribution in [1.82, 2.24) is 4.98 Å². The lowest BCUT2D eigenvalue weighted by Gasteiger charge is -2.04. The number of aromatic nitrogens is 1. The van der Waals surface area contributed by atoms with Crippen LogP contribution in [0.4, 0.5) is 5.69 Å². The molecule has 146 valence electrons. The Bertz CT molecular complexity index is 970. The summed E-state index contributed by atoms with van der Waals surface area (Å²) >= 11 is 7.16. The zero-order chi connectivity index (χ0) is 19.4. The second-order valence-corrected chi connectivity index (χ2v) is 7.65. The molecule has 0 bridgehead atoms. The molecular formula is C20H18Cl2N2O3S. The van der Waals surface area contributed by atoms with Crippen LogP contribution in [0.5, 0.6) is 0 Å². The van der Waals surface area contributed by atoms with Crippen LogP contribution in [0, 0.1) is 6.92 Å². The molecule has 0 unspecified atom stereocenters. The van der Waals surface area contributed by atoms with Crippen LogP contribution >= 0.6 is 35.3 Å². The van der Waals surface area contributed by atoms with Crippen molar-refractivity contribution in [2.45, 2.75) is 19.8 Å². The SMILES string of the molecule is Cc1ccc(NC(=O)Cc2nc(-c3ccc(Cl)cc3)c(CC(=O)O)s2)cc1.Cl. The summed E-state index contributed by atoms with van der Waals surface area (Å²) in [6, 6.07) is 14.5. The molecule has 0 saturated heterocycles. The smallest absolute Gasteiger partial charge is 0.308 e. The van der Waals surface area contributed by atoms with Crippen LogP contribution in [0.25, 0.3) is 11.3 Å². The number of amides is 1. The van der Waals surface area contributed by atoms with Crippen molar-refractivity contribution in [3.05, 3.63) is 69.0 Å². The third kappa shape index (κ3) is 5.79. The molecule has 0 fully saturated rings. The van der Waals surface area contributed by atoms with E-state index in [-0.39, 0.29) is 31.2 Å². The number of anilines is 1. The van der Waals surface area contributed by atoms with E-state index in [1.54, 1.807) is 24.3 Å². The van der Waals surface area contributed by atoms with Crippen LogP contribution in [0.2, 0.25) is 5.02 Å². The molecule has 0 atom stereocenters. The lowest BCUT2D eigenvalue weighted by atomic mass is 10.1. The molecule has 3 aromatic rings. The highest BCUT2D eigenvalue weighted by Gasteiger charge is 2.17. The lowest BCUT2D eigenvalue weighted by Crippen LogP contribution is -2.14. The van der Waals surface area contributed by atoms with Crippen LogP contribution < -0.4 is 5.32 Å². The molecule has 0 saturated carbocycles. The van der Waals surface area contributed by atoms with Gasteiger partial charge in [0.2, 0.25) is 5.91 Å². The Balaban J connectivity index is 0.00000280. The summed E-state index contributed by atoms with van der Waals surface area (Å²) in [5, 5.41) is 13.2. The normalized spacial score (nSPS) is 10.2. The van der Waals surface area contributed by atoms with E-state index < -0.39 is 5.97 Å². The molecule has 5 nitrogen and oxygen atoms in total. The number of aryl methyl sites for hydroxylation is 1. The van der Waals surface area contributed by atoms with Crippen LogP contribution in [0.15, 0.2) is 48.5 Å². The van der Waals surface area contributed by atoms with Crippen molar-refractivity contribution in [1.29, 1.82) is 0 Å². The van der Waals surface area contributed by atoms with Crippen molar-refractivity contribution >= 4 is 52.9 Å². The fourth-order valence-corrected chi connectivity index (χ4v) is 3.75. The Hall–Kier alpha value is -2.41. The van der Waals surface area contributed by atoms with E-state index in [1.165, 1.54) is 11.3 Å². The minimum Gasteiger partial charge on any atom is -0.481 e. The molecule has 2 N–H and O–H groups in total. The van der Waals surface area contributed by atoms with Gasteiger partial charge < -0.3 is 10.4 Å². The highest BCUT2D eigenvalue weighted by atomic mass is 35.5. The summed E-state index contributed by atoms with van der Waals surface area (Å²) in [6.45, 7) is 1.98. The number of hydrogen-bond acceptors (Lipinski definition) is 4. The molecule has 3 rings (SSSR count). The topological polar surface area (TPSA) is 79.3 Å². The minimum absolute atomic E-state index is 0. The monoisotopic (exact) mass is 436 g/mol. The number of halogens is 2. The van der Waals surface area contributed by atoms with Gasteiger partial charge in [0.05, 0.1) is 18.5 Å². The number of carbonyl (C=O) groups excluding carboxylic acids is 1. The fraction of sp³-hybridized carbons (Fsp3) is 0.150. The number of carboxylic acids is 1. The molecule has 0 aliphatic heterocycles. The lowest BCUT2D eigenvalue weighted by molar-refractivity contribution is -0.136. The molecule has 2 aromatic carbocycles. The second-order valence-electron chi connectivity index (χ2n) is 6.05. The summed E-state index contributed by atoms with van der Waals surface area (Å²) < 4.78 is 0. The van der Waals surface area contributed by atoms with Gasteiger partial charge in [0.25, 0.3) is 0 Å². The minimum atomic E-state index is -0.940. The first-order valence-electron chi connectivity index (χ1n) is 8.23. The second kappa shape index (κ2) is 9.68. The first-order valence-corrected chi connectivity index (χ1v) is 9.43. The van der Waals surface area contributed by atoms with Crippen molar-refractivity contribution in [3.63, 3.8) is 0 Å². The predicted octanol–water partition coefficient (Wildman–Crippen LogP) is 5.00. The maximum absolute atomic E-state index is 12.3. The van der Waals surface area contributed by atoms with E-state index >= 15 is 0 Å². The standard InChI is InChI=1S/C20H17ClN2O3S.ClH/c1-12-2-8-15(9-3-12)22-17(24)11-18-23-20(16(27-18)10-19(25)26)13-4-6-14(21)7-5-13;/h2-9H,10-11H2,1H3,(H,22,24)(H,25,26);1H. The van der Waals surface area contributed by atoms with Gasteiger partial charge in [-0.15, -0.1) is 23.7 Å².